The summed E-state index contributed by atoms with van der Waals surface area (Å²) in [5.41, 5.74) is 3.81. The largest absolute Gasteiger partial charge is 0.465 e. The number of esters is 1. The Bertz CT molecular complexity index is 771. The molecule has 5 heteroatoms. The van der Waals surface area contributed by atoms with Crippen molar-refractivity contribution in [2.75, 3.05) is 18.1 Å². The Morgan fingerprint density at radius 2 is 2.00 bits per heavy atom. The summed E-state index contributed by atoms with van der Waals surface area (Å²) in [6, 6.07) is 13.5. The number of carbonyl (C=O) groups excluding carboxylic acids is 2. The number of benzene rings is 1. The van der Waals surface area contributed by atoms with Gasteiger partial charge in [0.05, 0.1) is 13.0 Å². The van der Waals surface area contributed by atoms with E-state index in [1.54, 1.807) is 4.90 Å². The van der Waals surface area contributed by atoms with Gasteiger partial charge >= 0.3 is 5.97 Å². The molecule has 1 aromatic heterocycles. The van der Waals surface area contributed by atoms with Gasteiger partial charge in [-0.05, 0) is 56.0 Å². The van der Waals surface area contributed by atoms with Crippen molar-refractivity contribution in [3.63, 3.8) is 0 Å². The highest BCUT2D eigenvalue weighted by Gasteiger charge is 2.21. The molecule has 0 unspecified atom stereocenters. The van der Waals surface area contributed by atoms with Crippen LogP contribution in [0.2, 0.25) is 0 Å². The van der Waals surface area contributed by atoms with Crippen LogP contribution in [-0.2, 0) is 27.2 Å². The van der Waals surface area contributed by atoms with E-state index in [1.807, 2.05) is 49.4 Å². The van der Waals surface area contributed by atoms with E-state index in [-0.39, 0.29) is 18.3 Å². The van der Waals surface area contributed by atoms with Gasteiger partial charge in [0.25, 0.3) is 0 Å². The molecule has 1 aliphatic rings. The summed E-state index contributed by atoms with van der Waals surface area (Å²) in [5, 5.41) is 0. The van der Waals surface area contributed by atoms with Crippen molar-refractivity contribution >= 4 is 17.6 Å². The quantitative estimate of drug-likeness (QED) is 0.567. The summed E-state index contributed by atoms with van der Waals surface area (Å²) in [6.07, 6.45) is 3.33. The van der Waals surface area contributed by atoms with Gasteiger partial charge in [0.15, 0.2) is 0 Å². The zero-order valence-corrected chi connectivity index (χ0v) is 15.1. The van der Waals surface area contributed by atoms with E-state index in [0.717, 1.165) is 48.4 Å². The van der Waals surface area contributed by atoms with Crippen LogP contribution in [0.4, 0.5) is 5.69 Å². The van der Waals surface area contributed by atoms with Crippen molar-refractivity contribution in [2.45, 2.75) is 39.0 Å². The first-order chi connectivity index (χ1) is 12.6. The normalized spacial score (nSPS) is 13.9. The van der Waals surface area contributed by atoms with Gasteiger partial charge in [-0.25, -0.2) is 0 Å². The Kier molecular flexibility index (Phi) is 6.00. The molecule has 0 radical (unpaired) electrons. The van der Waals surface area contributed by atoms with Crippen LogP contribution in [0.5, 0.6) is 0 Å². The maximum absolute atomic E-state index is 12.0. The second-order valence-electron chi connectivity index (χ2n) is 6.59. The van der Waals surface area contributed by atoms with Gasteiger partial charge in [0.2, 0.25) is 5.91 Å². The Hall–Kier alpha value is -2.69. The van der Waals surface area contributed by atoms with Crippen molar-refractivity contribution in [2.24, 2.45) is 0 Å². The van der Waals surface area contributed by atoms with Crippen molar-refractivity contribution in [1.82, 2.24) is 4.98 Å². The Balaban J connectivity index is 1.41. The predicted octanol–water partition coefficient (Wildman–Crippen LogP) is 3.24. The zero-order valence-electron chi connectivity index (χ0n) is 15.1. The van der Waals surface area contributed by atoms with Gasteiger partial charge < -0.3 is 9.64 Å². The Labute approximate surface area is 154 Å². The van der Waals surface area contributed by atoms with Crippen LogP contribution in [0, 0.1) is 6.92 Å². The number of hydrogen-bond acceptors (Lipinski definition) is 4. The van der Waals surface area contributed by atoms with Gasteiger partial charge in [-0.1, -0.05) is 18.2 Å². The molecule has 3 rings (SSSR count). The zero-order chi connectivity index (χ0) is 18.4. The third-order valence-corrected chi connectivity index (χ3v) is 4.46. The molecule has 1 aromatic carbocycles. The molecule has 0 aliphatic carbocycles. The number of aryl methyl sites for hydroxylation is 2. The number of amides is 1. The van der Waals surface area contributed by atoms with Crippen LogP contribution in [0.15, 0.2) is 42.5 Å². The molecule has 0 atom stereocenters. The molecule has 1 saturated heterocycles. The fraction of sp³-hybridized carbons (Fsp3) is 0.381. The monoisotopic (exact) mass is 352 g/mol. The van der Waals surface area contributed by atoms with Crippen LogP contribution in [0.3, 0.4) is 0 Å². The van der Waals surface area contributed by atoms with E-state index < -0.39 is 0 Å². The average Bonchev–Trinajstić information content (AvgIpc) is 3.05. The maximum atomic E-state index is 12.0. The second kappa shape index (κ2) is 8.61. The lowest BCUT2D eigenvalue weighted by molar-refractivity contribution is -0.142. The summed E-state index contributed by atoms with van der Waals surface area (Å²) in [7, 11) is 0. The minimum atomic E-state index is -0.229. The fourth-order valence-corrected chi connectivity index (χ4v) is 3.11. The summed E-state index contributed by atoms with van der Waals surface area (Å²) >= 11 is 0. The number of aromatic nitrogens is 1. The SMILES string of the molecule is Cc1cccc(CCCOC(=O)Cc2ccc(N3CCCC3=O)cc2)n1. The van der Waals surface area contributed by atoms with E-state index in [2.05, 4.69) is 4.98 Å². The van der Waals surface area contributed by atoms with Crippen molar-refractivity contribution < 1.29 is 14.3 Å². The maximum Gasteiger partial charge on any atom is 0.310 e. The summed E-state index contributed by atoms with van der Waals surface area (Å²) < 4.78 is 5.31. The van der Waals surface area contributed by atoms with Crippen LogP contribution >= 0.6 is 0 Å². The molecule has 2 heterocycles. The highest BCUT2D eigenvalue weighted by atomic mass is 16.5. The molecule has 26 heavy (non-hydrogen) atoms. The Morgan fingerprint density at radius 1 is 1.19 bits per heavy atom. The van der Waals surface area contributed by atoms with Gasteiger partial charge in [-0.3, -0.25) is 14.6 Å². The number of ether oxygens (including phenoxy) is 1. The minimum Gasteiger partial charge on any atom is -0.465 e. The number of rotatable bonds is 7. The second-order valence-corrected chi connectivity index (χ2v) is 6.59. The van der Waals surface area contributed by atoms with E-state index in [1.165, 1.54) is 0 Å². The molecular formula is C21H24N2O3. The third kappa shape index (κ3) is 4.91. The molecule has 1 amide bonds. The molecule has 5 nitrogen and oxygen atoms in total. The van der Waals surface area contributed by atoms with Crippen LogP contribution < -0.4 is 4.90 Å². The smallest absolute Gasteiger partial charge is 0.310 e. The van der Waals surface area contributed by atoms with Gasteiger partial charge in [-0.2, -0.15) is 0 Å². The van der Waals surface area contributed by atoms with Gasteiger partial charge in [-0.15, -0.1) is 0 Å². The topological polar surface area (TPSA) is 59.5 Å². The Morgan fingerprint density at radius 3 is 2.69 bits per heavy atom. The molecule has 136 valence electrons. The minimum absolute atomic E-state index is 0.167. The first-order valence-electron chi connectivity index (χ1n) is 9.09. The molecule has 0 saturated carbocycles. The first kappa shape index (κ1) is 18.1. The lowest BCUT2D eigenvalue weighted by Crippen LogP contribution is -2.23. The van der Waals surface area contributed by atoms with Crippen molar-refractivity contribution in [3.05, 3.63) is 59.4 Å². The van der Waals surface area contributed by atoms with Crippen molar-refractivity contribution in [1.29, 1.82) is 0 Å². The average molecular weight is 352 g/mol. The number of hydrogen-bond donors (Lipinski definition) is 0. The molecule has 1 aliphatic heterocycles. The van der Waals surface area contributed by atoms with Crippen LogP contribution in [-0.4, -0.2) is 30.0 Å². The summed E-state index contributed by atoms with van der Waals surface area (Å²) in [5.74, 6) is -0.0625. The summed E-state index contributed by atoms with van der Waals surface area (Å²) in [4.78, 5) is 29.9. The van der Waals surface area contributed by atoms with E-state index in [0.29, 0.717) is 13.0 Å². The summed E-state index contributed by atoms with van der Waals surface area (Å²) in [6.45, 7) is 3.14. The lowest BCUT2D eigenvalue weighted by Gasteiger charge is -2.15. The van der Waals surface area contributed by atoms with Gasteiger partial charge in [0, 0.05) is 30.0 Å². The molecule has 0 spiro atoms. The lowest BCUT2D eigenvalue weighted by atomic mass is 10.1. The fourth-order valence-electron chi connectivity index (χ4n) is 3.11. The molecular weight excluding hydrogens is 328 g/mol. The van der Waals surface area contributed by atoms with Crippen molar-refractivity contribution in [3.8, 4) is 0 Å². The number of carbonyl (C=O) groups is 2. The molecule has 0 N–H and O–H groups in total. The molecule has 2 aromatic rings. The third-order valence-electron chi connectivity index (χ3n) is 4.46. The van der Waals surface area contributed by atoms with E-state index in [9.17, 15) is 9.59 Å². The first-order valence-corrected chi connectivity index (χ1v) is 9.09. The number of pyridine rings is 1. The number of anilines is 1. The van der Waals surface area contributed by atoms with Crippen LogP contribution in [0.25, 0.3) is 0 Å². The highest BCUT2D eigenvalue weighted by molar-refractivity contribution is 5.95. The van der Waals surface area contributed by atoms with E-state index in [4.69, 9.17) is 4.74 Å². The number of nitrogens with zero attached hydrogens (tertiary/aromatic N) is 2. The van der Waals surface area contributed by atoms with E-state index >= 15 is 0 Å². The molecule has 1 fully saturated rings. The predicted molar refractivity (Wildman–Crippen MR) is 100.0 cm³/mol. The standard InChI is InChI=1S/C21H24N2O3/c1-16-5-2-6-18(22-16)7-4-14-26-21(25)15-17-9-11-19(12-10-17)23-13-3-8-20(23)24/h2,5-6,9-12H,3-4,7-8,13-15H2,1H3. The molecule has 0 bridgehead atoms. The highest BCUT2D eigenvalue weighted by Crippen LogP contribution is 2.21. The van der Waals surface area contributed by atoms with Gasteiger partial charge in [0.1, 0.15) is 0 Å². The van der Waals surface area contributed by atoms with Crippen LogP contribution in [0.1, 0.15) is 36.2 Å².